The van der Waals surface area contributed by atoms with Crippen molar-refractivity contribution >= 4 is 17.4 Å². The van der Waals surface area contributed by atoms with Crippen LogP contribution >= 0.6 is 11.8 Å². The van der Waals surface area contributed by atoms with Gasteiger partial charge < -0.3 is 5.73 Å². The van der Waals surface area contributed by atoms with Crippen molar-refractivity contribution in [3.63, 3.8) is 0 Å². The number of pyridine rings is 1. The first-order chi connectivity index (χ1) is 9.10. The van der Waals surface area contributed by atoms with Gasteiger partial charge in [0.15, 0.2) is 0 Å². The summed E-state index contributed by atoms with van der Waals surface area (Å²) in [5, 5.41) is 10.0. The zero-order valence-corrected chi connectivity index (χ0v) is 11.8. The van der Waals surface area contributed by atoms with E-state index in [-0.39, 0.29) is 0 Å². The van der Waals surface area contributed by atoms with E-state index in [9.17, 15) is 5.26 Å². The van der Waals surface area contributed by atoms with Crippen LogP contribution in [0, 0.1) is 25.2 Å². The van der Waals surface area contributed by atoms with Crippen LogP contribution in [0.2, 0.25) is 0 Å². The van der Waals surface area contributed by atoms with E-state index in [4.69, 9.17) is 5.73 Å². The molecule has 0 bridgehead atoms. The molecule has 3 nitrogen and oxygen atoms in total. The second kappa shape index (κ2) is 5.77. The molecule has 0 fully saturated rings. The number of thioether (sulfide) groups is 1. The maximum absolute atomic E-state index is 9.20. The van der Waals surface area contributed by atoms with Crippen molar-refractivity contribution in [2.75, 3.05) is 5.73 Å². The molecule has 0 atom stereocenters. The van der Waals surface area contributed by atoms with Gasteiger partial charge in [0, 0.05) is 17.1 Å². The lowest BCUT2D eigenvalue weighted by Gasteiger charge is -2.07. The van der Waals surface area contributed by atoms with Gasteiger partial charge in [-0.2, -0.15) is 5.26 Å². The Hall–Kier alpha value is -1.99. The number of anilines is 1. The van der Waals surface area contributed by atoms with Gasteiger partial charge in [-0.1, -0.05) is 12.1 Å². The zero-order chi connectivity index (χ0) is 13.8. The lowest BCUT2D eigenvalue weighted by molar-refractivity contribution is 1.03. The van der Waals surface area contributed by atoms with Crippen molar-refractivity contribution in [1.82, 2.24) is 4.98 Å². The number of hydrogen-bond acceptors (Lipinski definition) is 4. The van der Waals surface area contributed by atoms with Crippen molar-refractivity contribution in [2.45, 2.75) is 24.6 Å². The fraction of sp³-hybridized carbons (Fsp3) is 0.200. The largest absolute Gasteiger partial charge is 0.399 e. The van der Waals surface area contributed by atoms with Gasteiger partial charge in [-0.15, -0.1) is 11.8 Å². The molecule has 2 N–H and O–H groups in total. The fourth-order valence-electron chi connectivity index (χ4n) is 1.81. The number of nitrogen functional groups attached to an aromatic ring is 1. The quantitative estimate of drug-likeness (QED) is 0.684. The van der Waals surface area contributed by atoms with Crippen LogP contribution in [0.15, 0.2) is 35.4 Å². The highest BCUT2D eigenvalue weighted by atomic mass is 32.2. The highest BCUT2D eigenvalue weighted by Gasteiger charge is 2.09. The molecule has 0 aliphatic carbocycles. The number of nitriles is 1. The summed E-state index contributed by atoms with van der Waals surface area (Å²) >= 11 is 1.58. The van der Waals surface area contributed by atoms with Gasteiger partial charge in [0.25, 0.3) is 0 Å². The Morgan fingerprint density at radius 1 is 1.26 bits per heavy atom. The van der Waals surface area contributed by atoms with E-state index >= 15 is 0 Å². The van der Waals surface area contributed by atoms with Gasteiger partial charge in [-0.3, -0.25) is 0 Å². The highest BCUT2D eigenvalue weighted by molar-refractivity contribution is 7.98. The minimum Gasteiger partial charge on any atom is -0.399 e. The molecule has 1 aromatic carbocycles. The van der Waals surface area contributed by atoms with E-state index in [1.54, 1.807) is 11.8 Å². The first kappa shape index (κ1) is 13.4. The number of nitrogens with zero attached hydrogens (tertiary/aromatic N) is 2. The molecule has 0 saturated carbocycles. The zero-order valence-electron chi connectivity index (χ0n) is 11.0. The first-order valence-electron chi connectivity index (χ1n) is 5.95. The molecule has 96 valence electrons. The van der Waals surface area contributed by atoms with Crippen molar-refractivity contribution in [3.8, 4) is 6.07 Å². The third-order valence-electron chi connectivity index (χ3n) is 2.78. The van der Waals surface area contributed by atoms with Gasteiger partial charge in [0.05, 0.1) is 5.56 Å². The van der Waals surface area contributed by atoms with Crippen molar-refractivity contribution in [3.05, 3.63) is 52.7 Å². The average molecular weight is 269 g/mol. The molecular formula is C15H15N3S. The minimum atomic E-state index is 0.672. The van der Waals surface area contributed by atoms with E-state index in [1.807, 2.05) is 44.2 Å². The number of benzene rings is 1. The average Bonchev–Trinajstić information content (AvgIpc) is 2.37. The highest BCUT2D eigenvalue weighted by Crippen LogP contribution is 2.26. The Balaban J connectivity index is 2.20. The molecule has 0 aliphatic heterocycles. The Morgan fingerprint density at radius 2 is 1.95 bits per heavy atom. The Kier molecular flexibility index (Phi) is 4.08. The van der Waals surface area contributed by atoms with Crippen LogP contribution in [0.25, 0.3) is 0 Å². The van der Waals surface area contributed by atoms with Crippen molar-refractivity contribution in [2.24, 2.45) is 0 Å². The van der Waals surface area contributed by atoms with Crippen LogP contribution in [0.5, 0.6) is 0 Å². The Bertz CT molecular complexity index is 627. The number of aryl methyl sites for hydroxylation is 2. The van der Waals surface area contributed by atoms with E-state index in [1.165, 1.54) is 5.56 Å². The predicted molar refractivity (Wildman–Crippen MR) is 78.8 cm³/mol. The van der Waals surface area contributed by atoms with E-state index in [0.717, 1.165) is 27.7 Å². The van der Waals surface area contributed by atoms with Gasteiger partial charge >= 0.3 is 0 Å². The van der Waals surface area contributed by atoms with Crippen molar-refractivity contribution in [1.29, 1.82) is 5.26 Å². The van der Waals surface area contributed by atoms with Crippen LogP contribution in [0.4, 0.5) is 5.69 Å². The second-order valence-electron chi connectivity index (χ2n) is 4.40. The Morgan fingerprint density at radius 3 is 2.58 bits per heavy atom. The van der Waals surface area contributed by atoms with E-state index < -0.39 is 0 Å². The third kappa shape index (κ3) is 3.27. The molecule has 0 unspecified atom stereocenters. The molecule has 0 spiro atoms. The number of aromatic nitrogens is 1. The van der Waals surface area contributed by atoms with Gasteiger partial charge in [-0.05, 0) is 43.2 Å². The fourth-order valence-corrected chi connectivity index (χ4v) is 2.86. The summed E-state index contributed by atoms with van der Waals surface area (Å²) in [7, 11) is 0. The predicted octanol–water partition coefficient (Wildman–Crippen LogP) is 3.44. The lowest BCUT2D eigenvalue weighted by atomic mass is 10.1. The first-order valence-corrected chi connectivity index (χ1v) is 6.94. The van der Waals surface area contributed by atoms with Crippen LogP contribution in [-0.2, 0) is 5.75 Å². The molecule has 4 heteroatoms. The maximum Gasteiger partial charge on any atom is 0.115 e. The molecule has 0 aliphatic rings. The molecule has 2 rings (SSSR count). The van der Waals surface area contributed by atoms with Crippen LogP contribution in [0.3, 0.4) is 0 Å². The Labute approximate surface area is 117 Å². The standard InChI is InChI=1S/C15H15N3S/c1-10-7-11(2)18-15(14(10)8-16)19-9-12-3-5-13(17)6-4-12/h3-7H,9,17H2,1-2H3. The summed E-state index contributed by atoms with van der Waals surface area (Å²) in [4.78, 5) is 4.45. The molecular weight excluding hydrogens is 254 g/mol. The van der Waals surface area contributed by atoms with Gasteiger partial charge in [-0.25, -0.2) is 4.98 Å². The summed E-state index contributed by atoms with van der Waals surface area (Å²) in [6, 6.07) is 11.9. The summed E-state index contributed by atoms with van der Waals surface area (Å²) in [6.07, 6.45) is 0. The summed E-state index contributed by atoms with van der Waals surface area (Å²) < 4.78 is 0. The van der Waals surface area contributed by atoms with Crippen molar-refractivity contribution < 1.29 is 0 Å². The monoisotopic (exact) mass is 269 g/mol. The maximum atomic E-state index is 9.20. The second-order valence-corrected chi connectivity index (χ2v) is 5.37. The molecule has 1 aromatic heterocycles. The lowest BCUT2D eigenvalue weighted by Crippen LogP contribution is -1.95. The van der Waals surface area contributed by atoms with Gasteiger partial charge in [0.1, 0.15) is 11.1 Å². The molecule has 19 heavy (non-hydrogen) atoms. The van der Waals surface area contributed by atoms with Crippen LogP contribution < -0.4 is 5.73 Å². The van der Waals surface area contributed by atoms with E-state index in [0.29, 0.717) is 5.56 Å². The molecule has 0 radical (unpaired) electrons. The summed E-state index contributed by atoms with van der Waals surface area (Å²) in [5.74, 6) is 0.783. The number of hydrogen-bond donors (Lipinski definition) is 1. The van der Waals surface area contributed by atoms with E-state index in [2.05, 4.69) is 11.1 Å². The summed E-state index contributed by atoms with van der Waals surface area (Å²) in [5.41, 5.74) is 10.2. The molecule has 0 saturated heterocycles. The third-order valence-corrected chi connectivity index (χ3v) is 3.83. The molecule has 1 heterocycles. The summed E-state index contributed by atoms with van der Waals surface area (Å²) in [6.45, 7) is 3.89. The number of nitrogens with two attached hydrogens (primary N) is 1. The normalized spacial score (nSPS) is 10.2. The van der Waals surface area contributed by atoms with Crippen LogP contribution in [0.1, 0.15) is 22.4 Å². The number of rotatable bonds is 3. The topological polar surface area (TPSA) is 62.7 Å². The molecule has 2 aromatic rings. The smallest absolute Gasteiger partial charge is 0.115 e. The SMILES string of the molecule is Cc1cc(C)c(C#N)c(SCc2ccc(N)cc2)n1. The van der Waals surface area contributed by atoms with Gasteiger partial charge in [0.2, 0.25) is 0 Å². The molecule has 0 amide bonds. The minimum absolute atomic E-state index is 0.672. The van der Waals surface area contributed by atoms with Crippen LogP contribution in [-0.4, -0.2) is 4.98 Å².